The molecular weight excluding hydrogens is 833 g/mol. The Bertz CT molecular complexity index is 2460. The summed E-state index contributed by atoms with van der Waals surface area (Å²) < 4.78 is 0. The number of para-hydroxylation sites is 1. The van der Waals surface area contributed by atoms with Crippen LogP contribution < -0.4 is 26.2 Å². The number of nitrogens with two attached hydrogens (primary N) is 1. The molecule has 336 valence electrons. The van der Waals surface area contributed by atoms with Crippen molar-refractivity contribution in [3.63, 3.8) is 0 Å². The molecule has 2 unspecified atom stereocenters. The van der Waals surface area contributed by atoms with Gasteiger partial charge in [0.05, 0.1) is 40.1 Å². The summed E-state index contributed by atoms with van der Waals surface area (Å²) in [5.41, 5.74) is 13.1. The second-order valence-electron chi connectivity index (χ2n) is 18.2. The molecule has 3 saturated heterocycles. The number of piperazine rings is 1. The number of carbonyl (C=O) groups excluding carboxylic acids is 3. The van der Waals surface area contributed by atoms with Crippen LogP contribution in [0, 0.1) is 12.3 Å². The number of aliphatic hydroxyl groups is 1. The second kappa shape index (κ2) is 18.5. The van der Waals surface area contributed by atoms with E-state index < -0.39 is 29.5 Å². The minimum absolute atomic E-state index is 0.000210. The summed E-state index contributed by atoms with van der Waals surface area (Å²) in [5.74, 6) is -0.0122. The number of benzene rings is 2. The molecule has 6 N–H and O–H groups in total. The third kappa shape index (κ3) is 9.63. The highest BCUT2D eigenvalue weighted by molar-refractivity contribution is 7.13. The molecule has 18 heteroatoms. The molecule has 3 amide bonds. The molecular formula is C46H56N12O5S. The van der Waals surface area contributed by atoms with Crippen molar-refractivity contribution in [2.45, 2.75) is 90.3 Å². The minimum Gasteiger partial charge on any atom is -0.507 e. The van der Waals surface area contributed by atoms with Crippen LogP contribution in [0.15, 0.2) is 72.5 Å². The Kier molecular flexibility index (Phi) is 12.8. The van der Waals surface area contributed by atoms with Gasteiger partial charge in [0.1, 0.15) is 17.8 Å². The van der Waals surface area contributed by atoms with Gasteiger partial charge in [-0.05, 0) is 61.6 Å². The standard InChI is InChI=1S/C46H56N12O5S/c1-27-40(64-26-51-27)30-12-10-28(11-13-30)18-48-43(62)37-16-33(59)24-57(37)44(63)41(46(2,3)4)52-39(61)25-55(5)21-29-19-49-45(50-20-29)58-31-14-15-32(58)23-56(22-31)36-17-35(53-54-42(36)47)34-8-6-7-9-38(34)60/h6-13,17,19-20,26,31-33,37,41,59-60H,14-16,18,21-25H2,1-5H3,(H2,47,54)(H,48,62)(H,52,61)/t31?,32?,33-,37+,41-/m1/s1. The number of likely N-dealkylation sites (tertiary alicyclic amines) is 1. The van der Waals surface area contributed by atoms with Crippen LogP contribution in [0.1, 0.15) is 56.9 Å². The van der Waals surface area contributed by atoms with Gasteiger partial charge in [-0.1, -0.05) is 57.2 Å². The van der Waals surface area contributed by atoms with Crippen molar-refractivity contribution in [2.24, 2.45) is 5.41 Å². The topological polar surface area (TPSA) is 219 Å². The number of hydrogen-bond donors (Lipinski definition) is 5. The van der Waals surface area contributed by atoms with Crippen molar-refractivity contribution in [3.05, 3.63) is 89.3 Å². The summed E-state index contributed by atoms with van der Waals surface area (Å²) in [6.07, 6.45) is 4.76. The third-order valence-electron chi connectivity index (χ3n) is 12.3. The summed E-state index contributed by atoms with van der Waals surface area (Å²) >= 11 is 1.58. The number of aromatic hydroxyl groups is 1. The Morgan fingerprint density at radius 3 is 2.33 bits per heavy atom. The van der Waals surface area contributed by atoms with Crippen LogP contribution in [0.3, 0.4) is 0 Å². The summed E-state index contributed by atoms with van der Waals surface area (Å²) in [4.78, 5) is 64.0. The highest BCUT2D eigenvalue weighted by Gasteiger charge is 2.45. The molecule has 17 nitrogen and oxygen atoms in total. The number of phenolic OH excluding ortho intramolecular Hbond substituents is 1. The molecule has 2 aromatic carbocycles. The summed E-state index contributed by atoms with van der Waals surface area (Å²) in [6, 6.07) is 15.3. The van der Waals surface area contributed by atoms with Crippen molar-refractivity contribution in [1.82, 2.24) is 45.6 Å². The number of β-amino-alcohol motifs (C(OH)–C–C–N with tert-alkyl or cyclic N) is 1. The zero-order valence-corrected chi connectivity index (χ0v) is 37.6. The van der Waals surface area contributed by atoms with Crippen LogP contribution in [0.5, 0.6) is 5.75 Å². The second-order valence-corrected chi connectivity index (χ2v) is 19.1. The van der Waals surface area contributed by atoms with Gasteiger partial charge in [0.2, 0.25) is 23.7 Å². The zero-order valence-electron chi connectivity index (χ0n) is 36.8. The molecule has 3 aliphatic heterocycles. The molecule has 2 bridgehead atoms. The number of rotatable bonds is 13. The molecule has 8 rings (SSSR count). The lowest BCUT2D eigenvalue weighted by atomic mass is 9.85. The van der Waals surface area contributed by atoms with Crippen LogP contribution in [-0.2, 0) is 27.5 Å². The molecule has 5 atom stereocenters. The number of fused-ring (bicyclic) bond motifs is 2. The van der Waals surface area contributed by atoms with Crippen molar-refractivity contribution in [3.8, 4) is 27.4 Å². The number of likely N-dealkylation sites (N-methyl/N-ethyl adjacent to an activating group) is 1. The Morgan fingerprint density at radius 2 is 1.67 bits per heavy atom. The first-order valence-electron chi connectivity index (χ1n) is 21.6. The number of amides is 3. The van der Waals surface area contributed by atoms with Gasteiger partial charge >= 0.3 is 0 Å². The fourth-order valence-corrected chi connectivity index (χ4v) is 9.87. The average Bonchev–Trinajstić information content (AvgIpc) is 3.96. The summed E-state index contributed by atoms with van der Waals surface area (Å²) in [6.45, 7) is 9.61. The largest absolute Gasteiger partial charge is 0.507 e. The molecule has 3 fully saturated rings. The number of aryl methyl sites for hydroxylation is 1. The maximum absolute atomic E-state index is 14.2. The normalized spacial score (nSPS) is 20.1. The van der Waals surface area contributed by atoms with E-state index in [1.165, 1.54) is 4.90 Å². The van der Waals surface area contributed by atoms with Crippen LogP contribution >= 0.6 is 11.3 Å². The smallest absolute Gasteiger partial charge is 0.246 e. The van der Waals surface area contributed by atoms with Gasteiger partial charge in [-0.2, -0.15) is 0 Å². The van der Waals surface area contributed by atoms with E-state index in [-0.39, 0.29) is 55.7 Å². The van der Waals surface area contributed by atoms with E-state index in [4.69, 9.17) is 15.7 Å². The predicted octanol–water partition coefficient (Wildman–Crippen LogP) is 3.75. The van der Waals surface area contributed by atoms with E-state index in [1.807, 2.05) is 81.6 Å². The minimum atomic E-state index is -0.944. The Balaban J connectivity index is 0.845. The molecule has 5 aromatic rings. The fraction of sp³-hybridized carbons (Fsp3) is 0.435. The summed E-state index contributed by atoms with van der Waals surface area (Å²) in [7, 11) is 1.82. The number of anilines is 3. The van der Waals surface area contributed by atoms with Crippen molar-refractivity contribution >= 4 is 46.5 Å². The number of nitrogens with one attached hydrogen (secondary N) is 2. The Morgan fingerprint density at radius 1 is 0.969 bits per heavy atom. The highest BCUT2D eigenvalue weighted by atomic mass is 32.1. The summed E-state index contributed by atoms with van der Waals surface area (Å²) in [5, 5.41) is 35.4. The van der Waals surface area contributed by atoms with Crippen molar-refractivity contribution < 1.29 is 24.6 Å². The van der Waals surface area contributed by atoms with E-state index in [0.29, 0.717) is 42.7 Å². The molecule has 6 heterocycles. The average molecular weight is 889 g/mol. The van der Waals surface area contributed by atoms with Gasteiger partial charge < -0.3 is 41.3 Å². The zero-order chi connectivity index (χ0) is 45.3. The van der Waals surface area contributed by atoms with E-state index in [0.717, 1.165) is 45.8 Å². The number of carbonyl (C=O) groups is 3. The first-order chi connectivity index (χ1) is 30.6. The maximum atomic E-state index is 14.2. The third-order valence-corrected chi connectivity index (χ3v) is 13.3. The molecule has 0 aliphatic carbocycles. The van der Waals surface area contributed by atoms with Gasteiger partial charge in [-0.15, -0.1) is 21.5 Å². The SMILES string of the molecule is Cc1ncsc1-c1ccc(CNC(=O)[C@@H]2C[C@@H](O)CN2C(=O)[C@@H](NC(=O)CN(C)Cc2cnc(N3C4CCC3CN(c3cc(-c5ccccc5O)nnc3N)C4)nc2)C(C)(C)C)cc1. The molecule has 0 spiro atoms. The number of aliphatic hydroxyl groups excluding tert-OH is 1. The van der Waals surface area contributed by atoms with E-state index in [2.05, 4.69) is 35.6 Å². The van der Waals surface area contributed by atoms with Gasteiger partial charge in [-0.25, -0.2) is 15.0 Å². The molecule has 3 aliphatic rings. The van der Waals surface area contributed by atoms with Crippen LogP contribution in [0.25, 0.3) is 21.7 Å². The quantitative estimate of drug-likeness (QED) is 0.114. The number of thiazole rings is 1. The monoisotopic (exact) mass is 888 g/mol. The molecule has 0 saturated carbocycles. The number of nitrogens with zero attached hydrogens (tertiary/aromatic N) is 9. The lowest BCUT2D eigenvalue weighted by molar-refractivity contribution is -0.144. The van der Waals surface area contributed by atoms with Gasteiger partial charge in [-0.3, -0.25) is 19.3 Å². The lowest BCUT2D eigenvalue weighted by Gasteiger charge is -2.42. The predicted molar refractivity (Wildman–Crippen MR) is 245 cm³/mol. The highest BCUT2D eigenvalue weighted by Crippen LogP contribution is 2.38. The Labute approximate surface area is 376 Å². The first-order valence-corrected chi connectivity index (χ1v) is 22.5. The van der Waals surface area contributed by atoms with Crippen molar-refractivity contribution in [2.75, 3.05) is 48.8 Å². The number of hydrogen-bond acceptors (Lipinski definition) is 15. The van der Waals surface area contributed by atoms with Crippen LogP contribution in [0.4, 0.5) is 17.5 Å². The first kappa shape index (κ1) is 44.4. The lowest BCUT2D eigenvalue weighted by Crippen LogP contribution is -2.58. The van der Waals surface area contributed by atoms with E-state index in [1.54, 1.807) is 41.9 Å². The van der Waals surface area contributed by atoms with Gasteiger partial charge in [0.15, 0.2) is 5.82 Å². The fourth-order valence-electron chi connectivity index (χ4n) is 9.06. The van der Waals surface area contributed by atoms with Gasteiger partial charge in [0, 0.05) is 74.7 Å². The maximum Gasteiger partial charge on any atom is 0.246 e. The molecule has 0 radical (unpaired) electrons. The van der Waals surface area contributed by atoms with Gasteiger partial charge in [0.25, 0.3) is 0 Å². The number of phenols is 1. The van der Waals surface area contributed by atoms with E-state index >= 15 is 0 Å². The van der Waals surface area contributed by atoms with Crippen LogP contribution in [-0.4, -0.2) is 126 Å². The number of aromatic nitrogens is 5. The van der Waals surface area contributed by atoms with E-state index in [9.17, 15) is 24.6 Å². The van der Waals surface area contributed by atoms with Crippen molar-refractivity contribution in [1.29, 1.82) is 0 Å². The molecule has 64 heavy (non-hydrogen) atoms. The van der Waals surface area contributed by atoms with Crippen LogP contribution in [0.2, 0.25) is 0 Å². The molecule has 3 aromatic heterocycles. The Hall–Kier alpha value is -6.24. The number of nitrogen functional groups attached to an aromatic ring is 1.